The van der Waals surface area contributed by atoms with Gasteiger partial charge in [-0.25, -0.2) is 0 Å². The van der Waals surface area contributed by atoms with Crippen molar-refractivity contribution in [3.8, 4) is 0 Å². The highest BCUT2D eigenvalue weighted by Crippen LogP contribution is 2.25. The second kappa shape index (κ2) is 3.95. The molecule has 0 radical (unpaired) electrons. The fraction of sp³-hybridized carbons (Fsp3) is 0.333. The molecule has 0 fully saturated rings. The van der Waals surface area contributed by atoms with Crippen LogP contribution in [0.4, 0.5) is 0 Å². The molecule has 74 valence electrons. The van der Waals surface area contributed by atoms with Crippen molar-refractivity contribution >= 4 is 0 Å². The van der Waals surface area contributed by atoms with Gasteiger partial charge in [0, 0.05) is 13.1 Å². The van der Waals surface area contributed by atoms with E-state index in [4.69, 9.17) is 0 Å². The van der Waals surface area contributed by atoms with Crippen molar-refractivity contribution in [1.82, 2.24) is 5.32 Å². The molecule has 0 bridgehead atoms. The second-order valence-corrected chi connectivity index (χ2v) is 3.70. The summed E-state index contributed by atoms with van der Waals surface area (Å²) in [4.78, 5) is 0. The third-order valence-electron chi connectivity index (χ3n) is 2.61. The number of benzene rings is 1. The number of hydrogen-bond acceptors (Lipinski definition) is 2. The Morgan fingerprint density at radius 1 is 1.14 bits per heavy atom. The first kappa shape index (κ1) is 9.44. The van der Waals surface area contributed by atoms with Crippen LogP contribution < -0.4 is 5.32 Å². The van der Waals surface area contributed by atoms with Crippen LogP contribution >= 0.6 is 0 Å². The Morgan fingerprint density at radius 2 is 1.93 bits per heavy atom. The van der Waals surface area contributed by atoms with Crippen molar-refractivity contribution < 1.29 is 5.11 Å². The zero-order chi connectivity index (χ0) is 9.86. The Balaban J connectivity index is 2.26. The molecular weight excluding hydrogens is 174 g/mol. The summed E-state index contributed by atoms with van der Waals surface area (Å²) in [5, 5.41) is 13.6. The maximum atomic E-state index is 10.4. The van der Waals surface area contributed by atoms with Gasteiger partial charge in [0.05, 0.1) is 0 Å². The molecule has 2 heteroatoms. The summed E-state index contributed by atoms with van der Waals surface area (Å²) in [5.74, 6) is 0. The molecule has 0 aromatic heterocycles. The van der Waals surface area contributed by atoms with Gasteiger partial charge in [0.2, 0.25) is 0 Å². The molecule has 1 heterocycles. The molecule has 1 atom stereocenters. The number of rotatable bonds is 1. The minimum atomic E-state index is -0.742. The van der Waals surface area contributed by atoms with E-state index >= 15 is 0 Å². The molecule has 0 saturated carbocycles. The van der Waals surface area contributed by atoms with Gasteiger partial charge in [-0.05, 0) is 12.0 Å². The molecule has 1 aromatic carbocycles. The summed E-state index contributed by atoms with van der Waals surface area (Å²) in [5.41, 5.74) is 0.243. The van der Waals surface area contributed by atoms with Crippen LogP contribution in [0.1, 0.15) is 12.0 Å². The molecule has 0 aliphatic carbocycles. The van der Waals surface area contributed by atoms with Crippen molar-refractivity contribution in [1.29, 1.82) is 0 Å². The molecule has 0 unspecified atom stereocenters. The van der Waals surface area contributed by atoms with Crippen LogP contribution in [-0.2, 0) is 5.60 Å². The van der Waals surface area contributed by atoms with Crippen LogP contribution in [0.2, 0.25) is 0 Å². The predicted octanol–water partition coefficient (Wildman–Crippen LogP) is 1.42. The average molecular weight is 189 g/mol. The summed E-state index contributed by atoms with van der Waals surface area (Å²) in [6.45, 7) is 1.46. The summed E-state index contributed by atoms with van der Waals surface area (Å²) in [6.07, 6.45) is 4.78. The van der Waals surface area contributed by atoms with Gasteiger partial charge in [0.15, 0.2) is 0 Å². The predicted molar refractivity (Wildman–Crippen MR) is 57.0 cm³/mol. The minimum Gasteiger partial charge on any atom is -0.384 e. The van der Waals surface area contributed by atoms with Crippen LogP contribution in [0.25, 0.3) is 0 Å². The van der Waals surface area contributed by atoms with Crippen molar-refractivity contribution in [2.24, 2.45) is 0 Å². The Kier molecular flexibility index (Phi) is 2.66. The zero-order valence-electron chi connectivity index (χ0n) is 8.11. The van der Waals surface area contributed by atoms with Gasteiger partial charge >= 0.3 is 0 Å². The third kappa shape index (κ3) is 1.86. The lowest BCUT2D eigenvalue weighted by molar-refractivity contribution is 0.0426. The van der Waals surface area contributed by atoms with E-state index in [1.807, 2.05) is 36.4 Å². The number of nitrogens with one attached hydrogen (secondary N) is 1. The fourth-order valence-corrected chi connectivity index (χ4v) is 1.76. The van der Waals surface area contributed by atoms with E-state index in [-0.39, 0.29) is 0 Å². The highest BCUT2D eigenvalue weighted by Gasteiger charge is 2.27. The number of β-amino-alcohol motifs (C(OH)–C–C–N with tert-alkyl or cyclic N) is 1. The van der Waals surface area contributed by atoms with E-state index in [1.165, 1.54) is 0 Å². The average Bonchev–Trinajstić information content (AvgIpc) is 2.46. The van der Waals surface area contributed by atoms with Crippen LogP contribution in [-0.4, -0.2) is 18.2 Å². The summed E-state index contributed by atoms with van der Waals surface area (Å²) in [7, 11) is 0. The lowest BCUT2D eigenvalue weighted by atomic mass is 9.91. The van der Waals surface area contributed by atoms with E-state index in [2.05, 4.69) is 11.4 Å². The van der Waals surface area contributed by atoms with E-state index in [0.29, 0.717) is 13.0 Å². The van der Waals surface area contributed by atoms with Crippen molar-refractivity contribution in [2.45, 2.75) is 12.0 Å². The van der Waals surface area contributed by atoms with E-state index in [0.717, 1.165) is 12.1 Å². The molecule has 0 saturated heterocycles. The Hall–Kier alpha value is -1.12. The Bertz CT molecular complexity index is 320. The molecular formula is C12H15NO. The molecule has 0 amide bonds. The zero-order valence-corrected chi connectivity index (χ0v) is 8.11. The van der Waals surface area contributed by atoms with Gasteiger partial charge < -0.3 is 10.4 Å². The van der Waals surface area contributed by atoms with Crippen molar-refractivity contribution in [3.63, 3.8) is 0 Å². The Morgan fingerprint density at radius 3 is 2.71 bits per heavy atom. The highest BCUT2D eigenvalue weighted by atomic mass is 16.3. The third-order valence-corrected chi connectivity index (χ3v) is 2.61. The maximum Gasteiger partial charge on any atom is 0.105 e. The SMILES string of the molecule is O[C@]1(c2ccccc2)CC=CCNC1. The number of hydrogen-bond donors (Lipinski definition) is 2. The standard InChI is InChI=1S/C12H15NO/c14-12(8-4-5-9-13-10-12)11-6-2-1-3-7-11/h1-7,13-14H,8-10H2/t12-/m1/s1. The van der Waals surface area contributed by atoms with Crippen LogP contribution in [0.15, 0.2) is 42.5 Å². The molecule has 1 aromatic rings. The first-order valence-electron chi connectivity index (χ1n) is 4.95. The first-order valence-corrected chi connectivity index (χ1v) is 4.95. The molecule has 1 aliphatic heterocycles. The monoisotopic (exact) mass is 189 g/mol. The molecule has 0 spiro atoms. The van der Waals surface area contributed by atoms with E-state index in [9.17, 15) is 5.11 Å². The minimum absolute atomic E-state index is 0.615. The fourth-order valence-electron chi connectivity index (χ4n) is 1.76. The normalized spacial score (nSPS) is 27.2. The molecule has 14 heavy (non-hydrogen) atoms. The van der Waals surface area contributed by atoms with Gasteiger partial charge in [-0.3, -0.25) is 0 Å². The van der Waals surface area contributed by atoms with Crippen LogP contribution in [0.3, 0.4) is 0 Å². The highest BCUT2D eigenvalue weighted by molar-refractivity contribution is 5.24. The topological polar surface area (TPSA) is 32.3 Å². The largest absolute Gasteiger partial charge is 0.384 e. The molecule has 1 aliphatic rings. The smallest absolute Gasteiger partial charge is 0.105 e. The summed E-state index contributed by atoms with van der Waals surface area (Å²) >= 11 is 0. The maximum absolute atomic E-state index is 10.4. The Labute approximate surface area is 84.3 Å². The molecule has 2 rings (SSSR count). The van der Waals surface area contributed by atoms with Crippen molar-refractivity contribution in [3.05, 3.63) is 48.0 Å². The van der Waals surface area contributed by atoms with Crippen LogP contribution in [0.5, 0.6) is 0 Å². The first-order chi connectivity index (χ1) is 6.81. The van der Waals surface area contributed by atoms with E-state index < -0.39 is 5.60 Å². The van der Waals surface area contributed by atoms with Crippen LogP contribution in [0, 0.1) is 0 Å². The quantitative estimate of drug-likeness (QED) is 0.655. The number of aliphatic hydroxyl groups is 1. The molecule has 2 nitrogen and oxygen atoms in total. The molecule has 2 N–H and O–H groups in total. The van der Waals surface area contributed by atoms with Gasteiger partial charge in [-0.15, -0.1) is 0 Å². The summed E-state index contributed by atoms with van der Waals surface area (Å²) < 4.78 is 0. The lowest BCUT2D eigenvalue weighted by Gasteiger charge is -2.26. The van der Waals surface area contributed by atoms with Crippen molar-refractivity contribution in [2.75, 3.05) is 13.1 Å². The van der Waals surface area contributed by atoms with E-state index in [1.54, 1.807) is 0 Å². The second-order valence-electron chi connectivity index (χ2n) is 3.70. The van der Waals surface area contributed by atoms with Gasteiger partial charge in [0.25, 0.3) is 0 Å². The van der Waals surface area contributed by atoms with Gasteiger partial charge in [0.1, 0.15) is 5.60 Å². The summed E-state index contributed by atoms with van der Waals surface area (Å²) in [6, 6.07) is 9.83. The van der Waals surface area contributed by atoms with Gasteiger partial charge in [-0.2, -0.15) is 0 Å². The lowest BCUT2D eigenvalue weighted by Crippen LogP contribution is -2.36. The van der Waals surface area contributed by atoms with Gasteiger partial charge in [-0.1, -0.05) is 42.5 Å².